The highest BCUT2D eigenvalue weighted by Crippen LogP contribution is 2.23. The maximum Gasteiger partial charge on any atom is 0.0991 e. The number of hydrogen-bond donors (Lipinski definition) is 0. The smallest absolute Gasteiger partial charge is 0.0991 e. The van der Waals surface area contributed by atoms with Crippen LogP contribution in [-0.2, 0) is 11.3 Å². The van der Waals surface area contributed by atoms with Gasteiger partial charge in [-0.15, -0.1) is 0 Å². The average Bonchev–Trinajstić information content (AvgIpc) is 2.96. The second-order valence-corrected chi connectivity index (χ2v) is 5.71. The second-order valence-electron chi connectivity index (χ2n) is 5.71. The van der Waals surface area contributed by atoms with E-state index in [1.807, 2.05) is 29.9 Å². The third-order valence-electron chi connectivity index (χ3n) is 3.96. The molecule has 108 valence electrons. The van der Waals surface area contributed by atoms with E-state index < -0.39 is 0 Å². The Morgan fingerprint density at radius 1 is 1.29 bits per heavy atom. The number of benzene rings is 1. The van der Waals surface area contributed by atoms with E-state index in [1.165, 1.54) is 0 Å². The number of aryl methyl sites for hydroxylation is 1. The monoisotopic (exact) mass is 281 g/mol. The van der Waals surface area contributed by atoms with Crippen molar-refractivity contribution in [2.45, 2.75) is 26.3 Å². The molecule has 1 fully saturated rings. The summed E-state index contributed by atoms with van der Waals surface area (Å²) >= 11 is 0. The predicted molar refractivity (Wildman–Crippen MR) is 80.7 cm³/mol. The first-order chi connectivity index (χ1) is 10.2. The van der Waals surface area contributed by atoms with Crippen LogP contribution >= 0.6 is 0 Å². The number of nitriles is 1. The lowest BCUT2D eigenvalue weighted by Crippen LogP contribution is -2.20. The largest absolute Gasteiger partial charge is 0.381 e. The standard InChI is InChI=1S/C17H19N3O/c1-13-6-15(9-18)8-16(7-13)17-10-19-20(12-17)11-14-2-4-21-5-3-14/h6-8,10,12,14H,2-5,11H2,1H3. The fraction of sp³-hybridized carbons (Fsp3) is 0.412. The maximum absolute atomic E-state index is 9.07. The molecule has 1 aromatic carbocycles. The molecule has 1 aliphatic heterocycles. The van der Waals surface area contributed by atoms with Crippen LogP contribution in [0.4, 0.5) is 0 Å². The minimum Gasteiger partial charge on any atom is -0.381 e. The summed E-state index contributed by atoms with van der Waals surface area (Å²) in [6.07, 6.45) is 6.18. The Bertz CT molecular complexity index is 663. The van der Waals surface area contributed by atoms with Crippen LogP contribution in [0.5, 0.6) is 0 Å². The van der Waals surface area contributed by atoms with Crippen LogP contribution in [0.3, 0.4) is 0 Å². The summed E-state index contributed by atoms with van der Waals surface area (Å²) in [6.45, 7) is 4.68. The van der Waals surface area contributed by atoms with Gasteiger partial charge in [0.05, 0.1) is 17.8 Å². The van der Waals surface area contributed by atoms with Gasteiger partial charge in [0.1, 0.15) is 0 Å². The highest BCUT2D eigenvalue weighted by atomic mass is 16.5. The highest BCUT2D eigenvalue weighted by Gasteiger charge is 2.15. The van der Waals surface area contributed by atoms with E-state index in [0.717, 1.165) is 49.3 Å². The van der Waals surface area contributed by atoms with Crippen LogP contribution in [0.2, 0.25) is 0 Å². The Labute approximate surface area is 125 Å². The third-order valence-corrected chi connectivity index (χ3v) is 3.96. The van der Waals surface area contributed by atoms with Crippen LogP contribution in [-0.4, -0.2) is 23.0 Å². The summed E-state index contributed by atoms with van der Waals surface area (Å²) < 4.78 is 7.40. The molecule has 0 bridgehead atoms. The maximum atomic E-state index is 9.07. The summed E-state index contributed by atoms with van der Waals surface area (Å²) in [5, 5.41) is 13.5. The number of aromatic nitrogens is 2. The van der Waals surface area contributed by atoms with Crippen LogP contribution in [0.15, 0.2) is 30.6 Å². The number of nitrogens with zero attached hydrogens (tertiary/aromatic N) is 3. The van der Waals surface area contributed by atoms with Crippen LogP contribution in [0, 0.1) is 24.2 Å². The van der Waals surface area contributed by atoms with E-state index in [4.69, 9.17) is 10.00 Å². The Balaban J connectivity index is 1.78. The molecule has 0 saturated carbocycles. The first-order valence-corrected chi connectivity index (χ1v) is 7.37. The van der Waals surface area contributed by atoms with Gasteiger partial charge in [0, 0.05) is 31.5 Å². The summed E-state index contributed by atoms with van der Waals surface area (Å²) in [7, 11) is 0. The number of rotatable bonds is 3. The van der Waals surface area contributed by atoms with Crippen LogP contribution < -0.4 is 0 Å². The second kappa shape index (κ2) is 6.11. The quantitative estimate of drug-likeness (QED) is 0.868. The van der Waals surface area contributed by atoms with E-state index >= 15 is 0 Å². The van der Waals surface area contributed by atoms with Crippen molar-refractivity contribution >= 4 is 0 Å². The zero-order chi connectivity index (χ0) is 14.7. The molecule has 0 unspecified atom stereocenters. The molecule has 1 saturated heterocycles. The minimum absolute atomic E-state index is 0.652. The molecular weight excluding hydrogens is 262 g/mol. The summed E-state index contributed by atoms with van der Waals surface area (Å²) in [5.74, 6) is 0.652. The van der Waals surface area contributed by atoms with Crippen molar-refractivity contribution in [3.8, 4) is 17.2 Å². The van der Waals surface area contributed by atoms with Gasteiger partial charge in [0.2, 0.25) is 0 Å². The number of ether oxygens (including phenoxy) is 1. The molecule has 0 N–H and O–H groups in total. The van der Waals surface area contributed by atoms with Gasteiger partial charge < -0.3 is 4.74 Å². The summed E-state index contributed by atoms with van der Waals surface area (Å²) in [6, 6.07) is 8.12. The Hall–Kier alpha value is -2.12. The van der Waals surface area contributed by atoms with Crippen molar-refractivity contribution in [2.24, 2.45) is 5.92 Å². The Morgan fingerprint density at radius 3 is 2.86 bits per heavy atom. The lowest BCUT2D eigenvalue weighted by molar-refractivity contribution is 0.0601. The third kappa shape index (κ3) is 3.32. The lowest BCUT2D eigenvalue weighted by Gasteiger charge is -2.21. The molecule has 2 aromatic rings. The minimum atomic E-state index is 0.652. The van der Waals surface area contributed by atoms with E-state index in [9.17, 15) is 0 Å². The Kier molecular flexibility index (Phi) is 4.03. The molecule has 2 heterocycles. The first-order valence-electron chi connectivity index (χ1n) is 7.37. The first kappa shape index (κ1) is 13.8. The number of hydrogen-bond acceptors (Lipinski definition) is 3. The molecule has 4 nitrogen and oxygen atoms in total. The van der Waals surface area contributed by atoms with Crippen molar-refractivity contribution < 1.29 is 4.74 Å². The molecule has 0 amide bonds. The molecule has 0 atom stereocenters. The molecule has 0 aliphatic carbocycles. The molecule has 1 aliphatic rings. The van der Waals surface area contributed by atoms with Gasteiger partial charge in [0.15, 0.2) is 0 Å². The van der Waals surface area contributed by atoms with Gasteiger partial charge in [-0.05, 0) is 48.9 Å². The molecule has 3 rings (SSSR count). The van der Waals surface area contributed by atoms with E-state index in [0.29, 0.717) is 11.5 Å². The van der Waals surface area contributed by atoms with Crippen molar-refractivity contribution in [1.82, 2.24) is 9.78 Å². The molecule has 4 heteroatoms. The summed E-state index contributed by atoms with van der Waals surface area (Å²) in [4.78, 5) is 0. The van der Waals surface area contributed by atoms with E-state index in [2.05, 4.69) is 23.4 Å². The van der Waals surface area contributed by atoms with Gasteiger partial charge in [-0.25, -0.2) is 0 Å². The zero-order valence-electron chi connectivity index (χ0n) is 12.2. The molecule has 0 radical (unpaired) electrons. The Morgan fingerprint density at radius 2 is 2.10 bits per heavy atom. The van der Waals surface area contributed by atoms with E-state index in [-0.39, 0.29) is 0 Å². The zero-order valence-corrected chi connectivity index (χ0v) is 12.2. The topological polar surface area (TPSA) is 50.8 Å². The fourth-order valence-corrected chi connectivity index (χ4v) is 2.82. The van der Waals surface area contributed by atoms with Gasteiger partial charge in [-0.3, -0.25) is 4.68 Å². The SMILES string of the molecule is Cc1cc(C#N)cc(-c2cnn(CC3CCOCC3)c2)c1. The molecular formula is C17H19N3O. The fourth-order valence-electron chi connectivity index (χ4n) is 2.82. The van der Waals surface area contributed by atoms with Gasteiger partial charge in [-0.1, -0.05) is 6.07 Å². The molecule has 1 aromatic heterocycles. The highest BCUT2D eigenvalue weighted by molar-refractivity contribution is 5.64. The van der Waals surface area contributed by atoms with Crippen molar-refractivity contribution in [2.75, 3.05) is 13.2 Å². The average molecular weight is 281 g/mol. The van der Waals surface area contributed by atoms with E-state index in [1.54, 1.807) is 0 Å². The van der Waals surface area contributed by atoms with Crippen molar-refractivity contribution in [1.29, 1.82) is 5.26 Å². The molecule has 0 spiro atoms. The van der Waals surface area contributed by atoms with Crippen molar-refractivity contribution in [3.05, 3.63) is 41.7 Å². The van der Waals surface area contributed by atoms with Crippen molar-refractivity contribution in [3.63, 3.8) is 0 Å². The predicted octanol–water partition coefficient (Wildman–Crippen LogP) is 3.16. The lowest BCUT2D eigenvalue weighted by atomic mass is 10.0. The summed E-state index contributed by atoms with van der Waals surface area (Å²) in [5.41, 5.74) is 3.93. The van der Waals surface area contributed by atoms with Gasteiger partial charge >= 0.3 is 0 Å². The van der Waals surface area contributed by atoms with Crippen LogP contribution in [0.25, 0.3) is 11.1 Å². The van der Waals surface area contributed by atoms with Gasteiger partial charge in [-0.2, -0.15) is 10.4 Å². The van der Waals surface area contributed by atoms with Gasteiger partial charge in [0.25, 0.3) is 0 Å². The molecule has 21 heavy (non-hydrogen) atoms. The normalized spacial score (nSPS) is 15.8. The van der Waals surface area contributed by atoms with Crippen LogP contribution in [0.1, 0.15) is 24.0 Å².